The van der Waals surface area contributed by atoms with Crippen molar-refractivity contribution in [1.29, 1.82) is 0 Å². The molecule has 228 valence electrons. The van der Waals surface area contributed by atoms with Crippen molar-refractivity contribution in [1.82, 2.24) is 0 Å². The quantitative estimate of drug-likeness (QED) is 0.114. The Morgan fingerprint density at radius 3 is 1.49 bits per heavy atom. The Morgan fingerprint density at radius 1 is 0.595 bits per heavy atom. The second kappa shape index (κ2) is 25.7. The third-order valence-electron chi connectivity index (χ3n) is 5.59. The van der Waals surface area contributed by atoms with Gasteiger partial charge in [-0.2, -0.15) is 0 Å². The lowest BCUT2D eigenvalue weighted by atomic mass is 9.93. The van der Waals surface area contributed by atoms with Crippen LogP contribution in [0.5, 0.6) is 0 Å². The summed E-state index contributed by atoms with van der Waals surface area (Å²) in [6.07, 6.45) is -4.10. The molecule has 0 heterocycles. The Morgan fingerprint density at radius 2 is 1.14 bits per heavy atom. The van der Waals surface area contributed by atoms with Gasteiger partial charge in [-0.15, -0.1) is 0 Å². The summed E-state index contributed by atoms with van der Waals surface area (Å²) in [6.45, 7) is 4.26. The van der Waals surface area contributed by atoms with Crippen molar-refractivity contribution < 1.29 is 66.4 Å². The van der Waals surface area contributed by atoms with Gasteiger partial charge in [0.05, 0.1) is 62.5 Å². The predicted molar refractivity (Wildman–Crippen MR) is 135 cm³/mol. The molecule has 0 radical (unpaired) electrons. The van der Waals surface area contributed by atoms with Gasteiger partial charge in [-0.05, 0) is 32.1 Å². The van der Waals surface area contributed by atoms with Crippen molar-refractivity contribution >= 4 is 0 Å². The molecule has 1 rings (SSSR count). The zero-order chi connectivity index (χ0) is 29.6. The lowest BCUT2D eigenvalue weighted by Crippen LogP contribution is -2.38. The van der Waals surface area contributed by atoms with E-state index in [-0.39, 0.29) is 19.6 Å². The van der Waals surface area contributed by atoms with E-state index in [1.807, 2.05) is 13.8 Å². The van der Waals surface area contributed by atoms with Crippen LogP contribution in [0.15, 0.2) is 0 Å². The summed E-state index contributed by atoms with van der Waals surface area (Å²) >= 11 is 0. The van der Waals surface area contributed by atoms with Gasteiger partial charge in [0.15, 0.2) is 0 Å². The van der Waals surface area contributed by atoms with E-state index in [1.165, 1.54) is 0 Å². The molecule has 1 aliphatic carbocycles. The maximum atomic E-state index is 8.94. The lowest BCUT2D eigenvalue weighted by Gasteiger charge is -2.26. The fraction of sp³-hybridized carbons (Fsp3) is 1.00. The number of rotatable bonds is 12. The van der Waals surface area contributed by atoms with Gasteiger partial charge in [-0.3, -0.25) is 0 Å². The van der Waals surface area contributed by atoms with Crippen molar-refractivity contribution in [2.45, 2.75) is 133 Å². The lowest BCUT2D eigenvalue weighted by molar-refractivity contribution is -0.0767. The molecule has 13 N–H and O–H groups in total. The smallest absolute Gasteiger partial charge is 0.108 e. The zero-order valence-electron chi connectivity index (χ0n) is 22.4. The molecule has 0 spiro atoms. The molecule has 37 heavy (non-hydrogen) atoms. The first-order valence-corrected chi connectivity index (χ1v) is 12.9. The molecule has 10 atom stereocenters. The number of hydrogen-bond donors (Lipinski definition) is 13. The van der Waals surface area contributed by atoms with Gasteiger partial charge in [-0.1, -0.05) is 27.2 Å². The van der Waals surface area contributed by atoms with Crippen molar-refractivity contribution in [3.63, 3.8) is 0 Å². The molecular weight excluding hydrogens is 496 g/mol. The zero-order valence-corrected chi connectivity index (χ0v) is 22.4. The molecule has 1 fully saturated rings. The van der Waals surface area contributed by atoms with E-state index in [9.17, 15) is 0 Å². The van der Waals surface area contributed by atoms with Crippen LogP contribution >= 0.6 is 0 Å². The Balaban J connectivity index is -0.000000417. The predicted octanol–water partition coefficient (Wildman–Crippen LogP) is -3.27. The van der Waals surface area contributed by atoms with Gasteiger partial charge in [0.25, 0.3) is 0 Å². The second-order valence-corrected chi connectivity index (χ2v) is 9.06. The summed E-state index contributed by atoms with van der Waals surface area (Å²) in [5.41, 5.74) is 0. The van der Waals surface area contributed by atoms with Crippen molar-refractivity contribution in [2.24, 2.45) is 0 Å². The first kappa shape index (κ1) is 41.0. The van der Waals surface area contributed by atoms with Crippen LogP contribution in [0.25, 0.3) is 0 Å². The van der Waals surface area contributed by atoms with Crippen LogP contribution in [-0.2, 0) is 0 Å². The van der Waals surface area contributed by atoms with Crippen LogP contribution in [-0.4, -0.2) is 147 Å². The molecule has 10 unspecified atom stereocenters. The SMILES string of the molecule is CCC(O)C(O)C(O)CO.CCC(O)CC(O)CO.CCCC(O)C(O)CO.OC1CCC(O)C(O)C1. The van der Waals surface area contributed by atoms with E-state index in [0.717, 1.165) is 6.42 Å². The normalized spacial score (nSPS) is 24.8. The highest BCUT2D eigenvalue weighted by Crippen LogP contribution is 2.18. The van der Waals surface area contributed by atoms with Crippen molar-refractivity contribution in [3.8, 4) is 0 Å². The van der Waals surface area contributed by atoms with Crippen LogP contribution in [0.4, 0.5) is 0 Å². The number of hydrogen-bond acceptors (Lipinski definition) is 13. The highest BCUT2D eigenvalue weighted by Gasteiger charge is 2.25. The maximum Gasteiger partial charge on any atom is 0.108 e. The monoisotopic (exact) mass is 550 g/mol. The Bertz CT molecular complexity index is 449. The van der Waals surface area contributed by atoms with Gasteiger partial charge in [0, 0.05) is 12.8 Å². The molecule has 0 aromatic carbocycles. The van der Waals surface area contributed by atoms with Crippen LogP contribution in [0.3, 0.4) is 0 Å². The molecule has 1 saturated carbocycles. The van der Waals surface area contributed by atoms with Gasteiger partial charge in [0.2, 0.25) is 0 Å². The average molecular weight is 551 g/mol. The molecule has 0 aliphatic heterocycles. The van der Waals surface area contributed by atoms with Crippen LogP contribution in [0.1, 0.15) is 72.1 Å². The summed E-state index contributed by atoms with van der Waals surface area (Å²) in [7, 11) is 0. The summed E-state index contributed by atoms with van der Waals surface area (Å²) in [5, 5.41) is 114. The molecule has 0 bridgehead atoms. The molecule has 13 nitrogen and oxygen atoms in total. The summed E-state index contributed by atoms with van der Waals surface area (Å²) < 4.78 is 0. The Kier molecular flexibility index (Phi) is 28.5. The van der Waals surface area contributed by atoms with Crippen molar-refractivity contribution in [2.75, 3.05) is 19.8 Å². The van der Waals surface area contributed by atoms with E-state index in [0.29, 0.717) is 38.5 Å². The number of aliphatic hydroxyl groups excluding tert-OH is 13. The van der Waals surface area contributed by atoms with E-state index in [2.05, 4.69) is 0 Å². The molecule has 13 heteroatoms. The third-order valence-corrected chi connectivity index (χ3v) is 5.59. The molecule has 0 saturated heterocycles. The van der Waals surface area contributed by atoms with Gasteiger partial charge < -0.3 is 66.4 Å². The minimum atomic E-state index is -1.24. The third kappa shape index (κ3) is 23.1. The molecule has 0 amide bonds. The van der Waals surface area contributed by atoms with Crippen LogP contribution < -0.4 is 0 Å². The fourth-order valence-corrected chi connectivity index (χ4v) is 2.88. The van der Waals surface area contributed by atoms with E-state index in [4.69, 9.17) is 66.4 Å². The minimum Gasteiger partial charge on any atom is -0.394 e. The summed E-state index contributed by atoms with van der Waals surface area (Å²) in [4.78, 5) is 0. The van der Waals surface area contributed by atoms with Gasteiger partial charge >= 0.3 is 0 Å². The minimum absolute atomic E-state index is 0.267. The van der Waals surface area contributed by atoms with Crippen molar-refractivity contribution in [3.05, 3.63) is 0 Å². The molecular formula is C24H54O13. The van der Waals surface area contributed by atoms with E-state index < -0.39 is 67.6 Å². The van der Waals surface area contributed by atoms with E-state index >= 15 is 0 Å². The standard InChI is InChI=1S/C6H14O4.C6H12O3.2C6H14O3/c1-2-4(8)6(10)5(9)3-7;7-4-1-2-5(8)6(9)3-4;1-2-5(8)3-6(9)4-7;1-2-3-5(8)6(9)4-7/h4-10H,2-3H2,1H3;4-9H,1-3H2;2*5-9H,2-4H2,1H3. The first-order chi connectivity index (χ1) is 17.2. The average Bonchev–Trinajstić information content (AvgIpc) is 2.89. The van der Waals surface area contributed by atoms with E-state index in [1.54, 1.807) is 6.92 Å². The first-order valence-electron chi connectivity index (χ1n) is 12.9. The Labute approximate surface area is 219 Å². The fourth-order valence-electron chi connectivity index (χ4n) is 2.88. The highest BCUT2D eigenvalue weighted by molar-refractivity contribution is 4.78. The van der Waals surface area contributed by atoms with Gasteiger partial charge in [-0.25, -0.2) is 0 Å². The topological polar surface area (TPSA) is 263 Å². The molecule has 1 aliphatic rings. The van der Waals surface area contributed by atoms with Gasteiger partial charge in [0.1, 0.15) is 18.3 Å². The largest absolute Gasteiger partial charge is 0.394 e. The van der Waals surface area contributed by atoms with Crippen LogP contribution in [0, 0.1) is 0 Å². The Hall–Kier alpha value is -0.520. The summed E-state index contributed by atoms with van der Waals surface area (Å²) in [5.74, 6) is 0. The molecule has 0 aromatic heterocycles. The summed E-state index contributed by atoms with van der Waals surface area (Å²) in [6, 6.07) is 0. The highest BCUT2D eigenvalue weighted by atomic mass is 16.4. The number of aliphatic hydroxyl groups is 13. The molecule has 0 aromatic rings. The second-order valence-electron chi connectivity index (χ2n) is 9.06. The van der Waals surface area contributed by atoms with Crippen LogP contribution in [0.2, 0.25) is 0 Å². The maximum absolute atomic E-state index is 8.94.